The molecule has 0 bridgehead atoms. The number of benzene rings is 2. The van der Waals surface area contributed by atoms with Crippen LogP contribution in [0.3, 0.4) is 0 Å². The van der Waals surface area contributed by atoms with E-state index in [1.54, 1.807) is 41.8 Å². The minimum Gasteiger partial charge on any atom is -0.487 e. The van der Waals surface area contributed by atoms with Gasteiger partial charge in [0.05, 0.1) is 6.54 Å². The molecule has 0 unspecified atom stereocenters. The summed E-state index contributed by atoms with van der Waals surface area (Å²) in [7, 11) is 0. The molecular formula is C21H16BrF2NO3. The molecular weight excluding hydrogens is 432 g/mol. The van der Waals surface area contributed by atoms with Crippen LogP contribution in [-0.2, 0) is 13.2 Å². The molecule has 0 radical (unpaired) electrons. The number of pyridine rings is 1. The van der Waals surface area contributed by atoms with Crippen LogP contribution in [0.5, 0.6) is 5.75 Å². The van der Waals surface area contributed by atoms with Crippen molar-refractivity contribution < 1.29 is 18.3 Å². The van der Waals surface area contributed by atoms with E-state index in [-0.39, 0.29) is 28.0 Å². The number of aryl methyl sites for hydroxylation is 1. The summed E-state index contributed by atoms with van der Waals surface area (Å²) in [5, 5.41) is 0. The smallest absolute Gasteiger partial charge is 0.269 e. The standard InChI is InChI=1S/C21H16BrF2NO3/c1-13-8-19(28-12-16-6-7-17(23)9-18(16)24)20(22)21(27)25(13)10-14-2-4-15(11-26)5-3-14/h2-9,11H,10,12H2,1H3. The van der Waals surface area contributed by atoms with Gasteiger partial charge in [-0.1, -0.05) is 24.3 Å². The van der Waals surface area contributed by atoms with Crippen molar-refractivity contribution in [3.05, 3.63) is 97.4 Å². The topological polar surface area (TPSA) is 48.3 Å². The maximum absolute atomic E-state index is 13.8. The quantitative estimate of drug-likeness (QED) is 0.517. The zero-order chi connectivity index (χ0) is 20.3. The van der Waals surface area contributed by atoms with Crippen LogP contribution in [0.4, 0.5) is 8.78 Å². The molecule has 0 aliphatic heterocycles. The van der Waals surface area contributed by atoms with Crippen LogP contribution in [0.15, 0.2) is 57.8 Å². The Balaban J connectivity index is 1.83. The number of aromatic nitrogens is 1. The lowest BCUT2D eigenvalue weighted by Crippen LogP contribution is -2.24. The van der Waals surface area contributed by atoms with E-state index in [4.69, 9.17) is 4.74 Å². The Hall–Kier alpha value is -2.80. The predicted octanol–water partition coefficient (Wildman–Crippen LogP) is 4.64. The minimum absolute atomic E-state index is 0.138. The molecule has 144 valence electrons. The highest BCUT2D eigenvalue weighted by molar-refractivity contribution is 9.10. The highest BCUT2D eigenvalue weighted by Crippen LogP contribution is 2.24. The zero-order valence-corrected chi connectivity index (χ0v) is 16.5. The van der Waals surface area contributed by atoms with E-state index in [0.29, 0.717) is 17.8 Å². The fraction of sp³-hybridized carbons (Fsp3) is 0.143. The van der Waals surface area contributed by atoms with E-state index in [1.807, 2.05) is 0 Å². The lowest BCUT2D eigenvalue weighted by Gasteiger charge is -2.15. The number of rotatable bonds is 6. The van der Waals surface area contributed by atoms with Crippen molar-refractivity contribution in [2.24, 2.45) is 0 Å². The summed E-state index contributed by atoms with van der Waals surface area (Å²) >= 11 is 3.25. The third-order valence-corrected chi connectivity index (χ3v) is 5.00. The van der Waals surface area contributed by atoms with E-state index in [1.165, 1.54) is 6.07 Å². The van der Waals surface area contributed by atoms with Crippen molar-refractivity contribution in [1.29, 1.82) is 0 Å². The molecule has 0 N–H and O–H groups in total. The van der Waals surface area contributed by atoms with Crippen molar-refractivity contribution in [2.75, 3.05) is 0 Å². The van der Waals surface area contributed by atoms with Crippen LogP contribution in [0.2, 0.25) is 0 Å². The molecule has 0 fully saturated rings. The highest BCUT2D eigenvalue weighted by Gasteiger charge is 2.14. The number of halogens is 3. The third-order valence-electron chi connectivity index (χ3n) is 4.27. The van der Waals surface area contributed by atoms with Gasteiger partial charge >= 0.3 is 0 Å². The molecule has 0 saturated carbocycles. The molecule has 3 aromatic rings. The van der Waals surface area contributed by atoms with Gasteiger partial charge in [-0.2, -0.15) is 0 Å². The van der Waals surface area contributed by atoms with Crippen molar-refractivity contribution in [3.63, 3.8) is 0 Å². The maximum Gasteiger partial charge on any atom is 0.269 e. The van der Waals surface area contributed by atoms with Crippen LogP contribution < -0.4 is 10.3 Å². The second-order valence-corrected chi connectivity index (χ2v) is 7.03. The van der Waals surface area contributed by atoms with Gasteiger partial charge in [-0.15, -0.1) is 0 Å². The Morgan fingerprint density at radius 3 is 2.46 bits per heavy atom. The zero-order valence-electron chi connectivity index (χ0n) is 14.9. The first-order valence-corrected chi connectivity index (χ1v) is 9.19. The summed E-state index contributed by atoms with van der Waals surface area (Å²) in [6.07, 6.45) is 0.758. The number of carbonyl (C=O) groups excluding carboxylic acids is 1. The average Bonchev–Trinajstić information content (AvgIpc) is 2.68. The van der Waals surface area contributed by atoms with Gasteiger partial charge in [0.15, 0.2) is 0 Å². The van der Waals surface area contributed by atoms with Crippen molar-refractivity contribution in [2.45, 2.75) is 20.1 Å². The molecule has 1 heterocycles. The second-order valence-electron chi connectivity index (χ2n) is 6.24. The van der Waals surface area contributed by atoms with Gasteiger partial charge in [-0.25, -0.2) is 8.78 Å². The van der Waals surface area contributed by atoms with Crippen LogP contribution in [-0.4, -0.2) is 10.9 Å². The van der Waals surface area contributed by atoms with Crippen LogP contribution in [0, 0.1) is 18.6 Å². The first-order chi connectivity index (χ1) is 13.4. The molecule has 3 rings (SSSR count). The third kappa shape index (κ3) is 4.36. The normalized spacial score (nSPS) is 10.7. The molecule has 0 amide bonds. The summed E-state index contributed by atoms with van der Waals surface area (Å²) in [5.74, 6) is -1.10. The van der Waals surface area contributed by atoms with Gasteiger partial charge in [0.25, 0.3) is 5.56 Å². The Morgan fingerprint density at radius 1 is 1.11 bits per heavy atom. The molecule has 0 atom stereocenters. The summed E-state index contributed by atoms with van der Waals surface area (Å²) in [6, 6.07) is 11.8. The molecule has 0 spiro atoms. The number of hydrogen-bond donors (Lipinski definition) is 0. The first-order valence-electron chi connectivity index (χ1n) is 8.40. The molecule has 0 aliphatic carbocycles. The molecule has 28 heavy (non-hydrogen) atoms. The summed E-state index contributed by atoms with van der Waals surface area (Å²) in [4.78, 5) is 23.5. The monoisotopic (exact) mass is 447 g/mol. The van der Waals surface area contributed by atoms with Gasteiger partial charge in [0, 0.05) is 29.0 Å². The summed E-state index contributed by atoms with van der Waals surface area (Å²) in [6.45, 7) is 1.95. The molecule has 7 heteroatoms. The van der Waals surface area contributed by atoms with Crippen molar-refractivity contribution in [3.8, 4) is 5.75 Å². The van der Waals surface area contributed by atoms with E-state index >= 15 is 0 Å². The highest BCUT2D eigenvalue weighted by atomic mass is 79.9. The molecule has 1 aromatic heterocycles. The number of ether oxygens (including phenoxy) is 1. The van der Waals surface area contributed by atoms with Gasteiger partial charge in [0.2, 0.25) is 0 Å². The maximum atomic E-state index is 13.8. The van der Waals surface area contributed by atoms with Gasteiger partial charge in [-0.3, -0.25) is 9.59 Å². The average molecular weight is 448 g/mol. The van der Waals surface area contributed by atoms with Crippen molar-refractivity contribution in [1.82, 2.24) is 4.57 Å². The Morgan fingerprint density at radius 2 is 1.82 bits per heavy atom. The predicted molar refractivity (Wildman–Crippen MR) is 105 cm³/mol. The van der Waals surface area contributed by atoms with Crippen LogP contribution in [0.25, 0.3) is 0 Å². The summed E-state index contributed by atoms with van der Waals surface area (Å²) in [5.41, 5.74) is 1.97. The molecule has 0 aliphatic rings. The molecule has 2 aromatic carbocycles. The molecule has 0 saturated heterocycles. The van der Waals surface area contributed by atoms with Gasteiger partial charge in [0.1, 0.15) is 34.7 Å². The summed E-state index contributed by atoms with van der Waals surface area (Å²) < 4.78 is 34.1. The lowest BCUT2D eigenvalue weighted by molar-refractivity contribution is 0.112. The first kappa shape index (κ1) is 19.9. The Kier molecular flexibility index (Phi) is 6.04. The fourth-order valence-corrected chi connectivity index (χ4v) is 3.14. The Bertz CT molecular complexity index is 1080. The second kappa shape index (κ2) is 8.48. The van der Waals surface area contributed by atoms with Crippen molar-refractivity contribution >= 4 is 22.2 Å². The minimum atomic E-state index is -0.708. The number of hydrogen-bond acceptors (Lipinski definition) is 3. The Labute approximate surface area is 168 Å². The van der Waals surface area contributed by atoms with E-state index in [2.05, 4.69) is 15.9 Å². The lowest BCUT2D eigenvalue weighted by atomic mass is 10.1. The number of nitrogens with zero attached hydrogens (tertiary/aromatic N) is 1. The fourth-order valence-electron chi connectivity index (χ4n) is 2.70. The number of carbonyl (C=O) groups is 1. The molecule has 4 nitrogen and oxygen atoms in total. The van der Waals surface area contributed by atoms with Crippen LogP contribution >= 0.6 is 15.9 Å². The van der Waals surface area contributed by atoms with Gasteiger partial charge in [-0.05, 0) is 40.5 Å². The van der Waals surface area contributed by atoms with Gasteiger partial charge < -0.3 is 9.30 Å². The van der Waals surface area contributed by atoms with E-state index < -0.39 is 11.6 Å². The van der Waals surface area contributed by atoms with E-state index in [0.717, 1.165) is 24.0 Å². The van der Waals surface area contributed by atoms with E-state index in [9.17, 15) is 18.4 Å². The number of aldehydes is 1. The van der Waals surface area contributed by atoms with Crippen LogP contribution in [0.1, 0.15) is 27.2 Å². The largest absolute Gasteiger partial charge is 0.487 e. The SMILES string of the molecule is Cc1cc(OCc2ccc(F)cc2F)c(Br)c(=O)n1Cc1ccc(C=O)cc1.